The molecule has 326 valence electrons. The lowest BCUT2D eigenvalue weighted by molar-refractivity contribution is 0.590. The molecule has 7 aromatic carbocycles. The van der Waals surface area contributed by atoms with Gasteiger partial charge in [-0.05, 0) is 138 Å². The van der Waals surface area contributed by atoms with Crippen molar-refractivity contribution >= 4 is 95.0 Å². The molecule has 0 saturated carbocycles. The molecule has 0 atom stereocenters. The molecule has 0 spiro atoms. The van der Waals surface area contributed by atoms with E-state index >= 15 is 0 Å². The predicted octanol–water partition coefficient (Wildman–Crippen LogP) is 15.6. The summed E-state index contributed by atoms with van der Waals surface area (Å²) in [7, 11) is 0. The van der Waals surface area contributed by atoms with E-state index in [2.05, 4.69) is 256 Å². The van der Waals surface area contributed by atoms with E-state index in [4.69, 9.17) is 0 Å². The third-order valence-corrected chi connectivity index (χ3v) is 14.8. The van der Waals surface area contributed by atoms with E-state index in [0.717, 1.165) is 22.7 Å². The number of rotatable bonds is 5. The van der Waals surface area contributed by atoms with E-state index in [9.17, 15) is 0 Å². The quantitative estimate of drug-likeness (QED) is 0.160. The first-order chi connectivity index (χ1) is 30.8. The normalized spacial score (nSPS) is 13.8. The van der Waals surface area contributed by atoms with Gasteiger partial charge in [0.25, 0.3) is 6.71 Å². The lowest BCUT2D eigenvalue weighted by Gasteiger charge is -2.44. The molecule has 5 heteroatoms. The summed E-state index contributed by atoms with van der Waals surface area (Å²) in [6, 6.07) is 60.1. The van der Waals surface area contributed by atoms with Gasteiger partial charge in [-0.15, -0.1) is 11.3 Å². The first-order valence-electron chi connectivity index (χ1n) is 23.4. The summed E-state index contributed by atoms with van der Waals surface area (Å²) >= 11 is 1.94. The van der Waals surface area contributed by atoms with Gasteiger partial charge in [0.2, 0.25) is 0 Å². The van der Waals surface area contributed by atoms with Gasteiger partial charge in [-0.1, -0.05) is 168 Å². The Morgan fingerprint density at radius 3 is 1.35 bits per heavy atom. The zero-order chi connectivity index (χ0) is 45.8. The Morgan fingerprint density at radius 2 is 0.846 bits per heavy atom. The Bertz CT molecular complexity index is 3030. The van der Waals surface area contributed by atoms with Crippen LogP contribution in [0.15, 0.2) is 158 Å². The molecule has 0 bridgehead atoms. The maximum Gasteiger partial charge on any atom is 0.254 e. The van der Waals surface area contributed by atoms with Crippen LogP contribution in [0.4, 0.5) is 50.5 Å². The minimum Gasteiger partial charge on any atom is -0.311 e. The molecule has 3 heterocycles. The Hall–Kier alpha value is -6.04. The molecule has 3 nitrogen and oxygen atoms in total. The van der Waals surface area contributed by atoms with Crippen molar-refractivity contribution in [1.29, 1.82) is 0 Å². The molecule has 0 unspecified atom stereocenters. The van der Waals surface area contributed by atoms with E-state index in [1.165, 1.54) is 76.5 Å². The van der Waals surface area contributed by atoms with E-state index < -0.39 is 0 Å². The molecular formula is C60H62BN3S. The van der Waals surface area contributed by atoms with Crippen molar-refractivity contribution in [1.82, 2.24) is 0 Å². The van der Waals surface area contributed by atoms with Crippen LogP contribution < -0.4 is 31.1 Å². The molecule has 1 aromatic heterocycles. The topological polar surface area (TPSA) is 9.72 Å². The van der Waals surface area contributed by atoms with Gasteiger partial charge in [-0.2, -0.15) is 0 Å². The van der Waals surface area contributed by atoms with Gasteiger partial charge < -0.3 is 14.7 Å². The van der Waals surface area contributed by atoms with Gasteiger partial charge in [-0.25, -0.2) is 0 Å². The minimum absolute atomic E-state index is 0.00362. The fourth-order valence-corrected chi connectivity index (χ4v) is 11.2. The number of para-hydroxylation sites is 2. The number of hydrogen-bond donors (Lipinski definition) is 0. The lowest BCUT2D eigenvalue weighted by atomic mass is 9.33. The molecule has 0 N–H and O–H groups in total. The van der Waals surface area contributed by atoms with Crippen LogP contribution in [0.3, 0.4) is 0 Å². The summed E-state index contributed by atoms with van der Waals surface area (Å²) in [5.74, 6) is 0. The van der Waals surface area contributed by atoms with Crippen molar-refractivity contribution in [3.8, 4) is 0 Å². The van der Waals surface area contributed by atoms with E-state index in [-0.39, 0.29) is 28.4 Å². The van der Waals surface area contributed by atoms with Crippen molar-refractivity contribution in [2.24, 2.45) is 0 Å². The fraction of sp³-hybridized carbons (Fsp3) is 0.267. The maximum atomic E-state index is 2.61. The first-order valence-corrected chi connectivity index (χ1v) is 24.2. The molecular weight excluding hydrogens is 806 g/mol. The lowest BCUT2D eigenvalue weighted by Crippen LogP contribution is -2.61. The molecule has 0 saturated heterocycles. The highest BCUT2D eigenvalue weighted by Gasteiger charge is 2.46. The molecule has 65 heavy (non-hydrogen) atoms. The number of fused-ring (bicyclic) bond motifs is 6. The smallest absolute Gasteiger partial charge is 0.254 e. The van der Waals surface area contributed by atoms with Crippen molar-refractivity contribution < 1.29 is 0 Å². The Labute approximate surface area is 392 Å². The van der Waals surface area contributed by atoms with E-state index in [0.29, 0.717) is 0 Å². The SMILES string of the molecule is CC(C)(C)c1ccc(N2c3ccc(C(C)(C)C)cc3B3c4c2cc(N(c2ccccc2)c2ccccc2)cc4N(c2ccc(C(C)(C)C)cc2)c2sc4ccc(C(C)(C)C)cc4c23)cc1. The third-order valence-electron chi connectivity index (χ3n) is 13.7. The predicted molar refractivity (Wildman–Crippen MR) is 285 cm³/mol. The summed E-state index contributed by atoms with van der Waals surface area (Å²) in [4.78, 5) is 7.61. The molecule has 8 aromatic rings. The van der Waals surface area contributed by atoms with Gasteiger partial charge in [0.05, 0.1) is 10.7 Å². The fourth-order valence-electron chi connectivity index (χ4n) is 9.93. The molecule has 2 aliphatic heterocycles. The molecule has 0 radical (unpaired) electrons. The Morgan fingerprint density at radius 1 is 0.400 bits per heavy atom. The number of nitrogens with zero attached hydrogens (tertiary/aromatic N) is 3. The monoisotopic (exact) mass is 867 g/mol. The second-order valence-corrected chi connectivity index (χ2v) is 23.4. The standard InChI is InChI=1S/C60H62BN3S/c1-57(2,3)39-23-29-45(30-24-39)63-50-33-27-42(60(10,11)12)36-49(50)61-54-48-35-41(59(7,8)9)28-34-53(48)65-56(54)64(46-31-25-40(26-32-46)58(4,5)6)52-38-47(37-51(63)55(52)61)62(43-19-15-13-16-20-43)44-21-17-14-18-22-44/h13-38H,1-12H3. The zero-order valence-electron chi connectivity index (χ0n) is 40.3. The highest BCUT2D eigenvalue weighted by Crippen LogP contribution is 2.51. The van der Waals surface area contributed by atoms with E-state index in [1.54, 1.807) is 0 Å². The Balaban J connectivity index is 1.36. The van der Waals surface area contributed by atoms with Crippen LogP contribution in [-0.2, 0) is 21.7 Å². The van der Waals surface area contributed by atoms with Gasteiger partial charge in [-0.3, -0.25) is 0 Å². The summed E-state index contributed by atoms with van der Waals surface area (Å²) in [6.45, 7) is 27.9. The zero-order valence-corrected chi connectivity index (χ0v) is 41.2. The van der Waals surface area contributed by atoms with Crippen molar-refractivity contribution in [2.45, 2.75) is 105 Å². The maximum absolute atomic E-state index is 2.61. The average Bonchev–Trinajstić information content (AvgIpc) is 3.64. The summed E-state index contributed by atoms with van der Waals surface area (Å²) < 4.78 is 1.32. The van der Waals surface area contributed by atoms with Gasteiger partial charge >= 0.3 is 0 Å². The summed E-state index contributed by atoms with van der Waals surface area (Å²) in [5.41, 5.74) is 18.7. The van der Waals surface area contributed by atoms with Crippen molar-refractivity contribution in [3.05, 3.63) is 180 Å². The molecule has 0 fully saturated rings. The van der Waals surface area contributed by atoms with Crippen LogP contribution in [0.2, 0.25) is 0 Å². The number of hydrogen-bond acceptors (Lipinski definition) is 4. The van der Waals surface area contributed by atoms with Crippen LogP contribution in [-0.4, -0.2) is 6.71 Å². The van der Waals surface area contributed by atoms with Crippen molar-refractivity contribution in [3.63, 3.8) is 0 Å². The second kappa shape index (κ2) is 15.3. The van der Waals surface area contributed by atoms with Crippen LogP contribution in [0.5, 0.6) is 0 Å². The summed E-state index contributed by atoms with van der Waals surface area (Å²) in [6.07, 6.45) is 0. The molecule has 2 aliphatic rings. The molecule has 10 rings (SSSR count). The largest absolute Gasteiger partial charge is 0.311 e. The van der Waals surface area contributed by atoms with Crippen LogP contribution in [0.1, 0.15) is 105 Å². The van der Waals surface area contributed by atoms with Crippen LogP contribution in [0, 0.1) is 0 Å². The van der Waals surface area contributed by atoms with Crippen molar-refractivity contribution in [2.75, 3.05) is 14.7 Å². The number of thiophene rings is 1. The highest BCUT2D eigenvalue weighted by molar-refractivity contribution is 7.26. The third kappa shape index (κ3) is 7.46. The van der Waals surface area contributed by atoms with Gasteiger partial charge in [0.1, 0.15) is 0 Å². The second-order valence-electron chi connectivity index (χ2n) is 22.4. The highest BCUT2D eigenvalue weighted by atomic mass is 32.1. The molecule has 0 amide bonds. The van der Waals surface area contributed by atoms with Gasteiger partial charge in [0, 0.05) is 44.5 Å². The number of anilines is 9. The summed E-state index contributed by atoms with van der Waals surface area (Å²) in [5, 5.41) is 2.64. The van der Waals surface area contributed by atoms with Gasteiger partial charge in [0.15, 0.2) is 0 Å². The first kappa shape index (κ1) is 42.9. The van der Waals surface area contributed by atoms with Crippen LogP contribution >= 0.6 is 11.3 Å². The minimum atomic E-state index is -0.0402. The number of benzene rings is 7. The Kier molecular flexibility index (Phi) is 10.1. The van der Waals surface area contributed by atoms with Crippen LogP contribution in [0.25, 0.3) is 10.1 Å². The average molecular weight is 868 g/mol. The van der Waals surface area contributed by atoms with E-state index in [1.807, 2.05) is 11.3 Å². The molecule has 0 aliphatic carbocycles.